The monoisotopic (exact) mass is 791 g/mol. The van der Waals surface area contributed by atoms with Gasteiger partial charge < -0.3 is 44.7 Å². The number of amides is 2. The first-order valence-corrected chi connectivity index (χ1v) is 19.2. The van der Waals surface area contributed by atoms with Gasteiger partial charge in [0.15, 0.2) is 0 Å². The van der Waals surface area contributed by atoms with E-state index in [0.717, 1.165) is 38.3 Å². The molecule has 0 radical (unpaired) electrons. The van der Waals surface area contributed by atoms with E-state index in [1.807, 2.05) is 66.9 Å². The molecular weight excluding hydrogens is 743 g/mol. The Morgan fingerprint density at radius 2 is 1.59 bits per heavy atom. The van der Waals surface area contributed by atoms with Gasteiger partial charge in [-0.3, -0.25) is 14.4 Å². The molecule has 4 N–H and O–H groups in total. The van der Waals surface area contributed by atoms with Crippen molar-refractivity contribution in [3.63, 3.8) is 0 Å². The molecule has 2 aromatic carbocycles. The number of ether oxygens (including phenoxy) is 5. The molecule has 16 nitrogen and oxygen atoms in total. The van der Waals surface area contributed by atoms with Crippen molar-refractivity contribution in [2.24, 2.45) is 5.11 Å². The van der Waals surface area contributed by atoms with Crippen LogP contribution in [-0.4, -0.2) is 107 Å². The molecular formula is C39H49N7O9S. The summed E-state index contributed by atoms with van der Waals surface area (Å²) in [5, 5.41) is 24.5. The van der Waals surface area contributed by atoms with Crippen molar-refractivity contribution in [2.75, 3.05) is 84.4 Å². The van der Waals surface area contributed by atoms with Gasteiger partial charge in [-0.2, -0.15) is 0 Å². The summed E-state index contributed by atoms with van der Waals surface area (Å²) in [6.07, 6.45) is 2.18. The maximum absolute atomic E-state index is 12.7. The Morgan fingerprint density at radius 3 is 2.27 bits per heavy atom. The number of nitrogens with one attached hydrogen (secondary N) is 3. The van der Waals surface area contributed by atoms with Crippen LogP contribution in [0.3, 0.4) is 0 Å². The summed E-state index contributed by atoms with van der Waals surface area (Å²) in [7, 11) is 0. The molecule has 0 aliphatic carbocycles. The number of azide groups is 1. The molecule has 4 rings (SSSR count). The summed E-state index contributed by atoms with van der Waals surface area (Å²) in [5.74, 6) is -0.325. The van der Waals surface area contributed by atoms with E-state index in [1.165, 1.54) is 0 Å². The first kappa shape index (κ1) is 43.4. The second-order valence-corrected chi connectivity index (χ2v) is 13.3. The summed E-state index contributed by atoms with van der Waals surface area (Å²) in [6, 6.07) is 16.4. The van der Waals surface area contributed by atoms with E-state index in [0.29, 0.717) is 84.5 Å². The fourth-order valence-corrected chi connectivity index (χ4v) is 6.35. The predicted molar refractivity (Wildman–Crippen MR) is 213 cm³/mol. The second-order valence-electron chi connectivity index (χ2n) is 12.4. The number of fused-ring (bicyclic) bond motifs is 1. The third kappa shape index (κ3) is 15.8. The van der Waals surface area contributed by atoms with Crippen molar-refractivity contribution >= 4 is 45.0 Å². The topological polar surface area (TPSA) is 215 Å². The Balaban J connectivity index is 1.17. The van der Waals surface area contributed by atoms with E-state index in [2.05, 4.69) is 31.0 Å². The number of aryl methyl sites for hydroxylation is 1. The first-order valence-electron chi connectivity index (χ1n) is 18.3. The van der Waals surface area contributed by atoms with Crippen molar-refractivity contribution in [2.45, 2.75) is 32.2 Å². The van der Waals surface area contributed by atoms with Crippen molar-refractivity contribution < 1.29 is 43.2 Å². The molecule has 0 aliphatic heterocycles. The van der Waals surface area contributed by atoms with E-state index >= 15 is 0 Å². The van der Waals surface area contributed by atoms with Crippen LogP contribution in [0.15, 0.2) is 71.3 Å². The van der Waals surface area contributed by atoms with Gasteiger partial charge >= 0.3 is 5.97 Å². The minimum Gasteiger partial charge on any atom is -0.490 e. The Bertz CT molecular complexity index is 1870. The third-order valence-corrected chi connectivity index (χ3v) is 9.10. The van der Waals surface area contributed by atoms with Crippen molar-refractivity contribution in [1.29, 1.82) is 0 Å². The fourth-order valence-electron chi connectivity index (χ4n) is 5.46. The Morgan fingerprint density at radius 1 is 0.893 bits per heavy atom. The molecule has 17 heteroatoms. The lowest BCUT2D eigenvalue weighted by atomic mass is 9.97. The standard InChI is InChI=1S/C39H49N7O9S/c1-28-10-13-42-35(25-28)41-12-2-3-36(47)43-27-37(48)45-33(26-38(49)50)30-6-4-29(5-7-30)31-8-9-34(39-32(31)11-24-56-39)55-23-22-54-21-20-53-19-18-52-17-16-51-15-14-44-46-40/h4-11,13,24-25,33H,2-3,12,14-23,26-27H2,1H3,(H,41,42)(H,43,47)(H,45,48)(H,49,50). The largest absolute Gasteiger partial charge is 0.490 e. The van der Waals surface area contributed by atoms with E-state index in [1.54, 1.807) is 17.5 Å². The van der Waals surface area contributed by atoms with Gasteiger partial charge in [0.2, 0.25) is 11.8 Å². The average Bonchev–Trinajstić information content (AvgIpc) is 3.69. The van der Waals surface area contributed by atoms with Gasteiger partial charge in [-0.05, 0) is 76.8 Å². The molecule has 300 valence electrons. The molecule has 2 heterocycles. The van der Waals surface area contributed by atoms with Gasteiger partial charge in [0.1, 0.15) is 18.2 Å². The zero-order chi connectivity index (χ0) is 39.8. The van der Waals surface area contributed by atoms with Crippen molar-refractivity contribution in [1.82, 2.24) is 15.6 Å². The van der Waals surface area contributed by atoms with Gasteiger partial charge in [-0.1, -0.05) is 29.4 Å². The molecule has 4 aromatic rings. The van der Waals surface area contributed by atoms with Gasteiger partial charge in [0.25, 0.3) is 0 Å². The minimum absolute atomic E-state index is 0.224. The number of benzene rings is 2. The molecule has 0 saturated carbocycles. The lowest BCUT2D eigenvalue weighted by Gasteiger charge is -2.18. The van der Waals surface area contributed by atoms with Gasteiger partial charge in [-0.25, -0.2) is 4.98 Å². The smallest absolute Gasteiger partial charge is 0.305 e. The number of carbonyl (C=O) groups is 3. The van der Waals surface area contributed by atoms with Crippen LogP contribution in [-0.2, 0) is 33.3 Å². The Kier molecular flexibility index (Phi) is 19.4. The highest BCUT2D eigenvalue weighted by atomic mass is 32.1. The molecule has 0 fully saturated rings. The van der Waals surface area contributed by atoms with Crippen LogP contribution in [0.5, 0.6) is 5.75 Å². The molecule has 2 amide bonds. The number of carboxylic acid groups (broad SMARTS) is 1. The molecule has 0 aliphatic rings. The summed E-state index contributed by atoms with van der Waals surface area (Å²) in [6.45, 7) is 6.31. The first-order chi connectivity index (χ1) is 27.3. The lowest BCUT2D eigenvalue weighted by Crippen LogP contribution is -2.39. The quantitative estimate of drug-likeness (QED) is 0.0238. The number of carboxylic acids is 1. The van der Waals surface area contributed by atoms with Crippen LogP contribution in [0.2, 0.25) is 0 Å². The van der Waals surface area contributed by atoms with Gasteiger partial charge in [0.05, 0.1) is 76.6 Å². The fraction of sp³-hybridized carbons (Fsp3) is 0.436. The number of hydrogen-bond donors (Lipinski definition) is 4. The molecule has 1 unspecified atom stereocenters. The number of hydrogen-bond acceptors (Lipinski definition) is 12. The number of carbonyl (C=O) groups excluding carboxylic acids is 2. The Hall–Kier alpha value is -5.29. The van der Waals surface area contributed by atoms with Crippen LogP contribution >= 0.6 is 11.3 Å². The van der Waals surface area contributed by atoms with E-state index in [9.17, 15) is 19.5 Å². The number of pyridine rings is 1. The number of anilines is 1. The highest BCUT2D eigenvalue weighted by molar-refractivity contribution is 7.17. The third-order valence-electron chi connectivity index (χ3n) is 8.17. The van der Waals surface area contributed by atoms with Crippen molar-refractivity contribution in [3.8, 4) is 16.9 Å². The number of rotatable bonds is 28. The molecule has 56 heavy (non-hydrogen) atoms. The van der Waals surface area contributed by atoms with Crippen molar-refractivity contribution in [3.05, 3.63) is 87.7 Å². The SMILES string of the molecule is Cc1ccnc(NCCCC(=O)NCC(=O)NC(CC(=O)O)c2ccc(-c3ccc(OCCOCCOCCOCCOCCN=[N+]=[N-])c4sccc34)cc2)c1. The highest BCUT2D eigenvalue weighted by Crippen LogP contribution is 2.38. The summed E-state index contributed by atoms with van der Waals surface area (Å²) >= 11 is 1.57. The zero-order valence-electron chi connectivity index (χ0n) is 31.4. The number of aliphatic carboxylic acids is 1. The lowest BCUT2D eigenvalue weighted by molar-refractivity contribution is -0.138. The van der Waals surface area contributed by atoms with E-state index in [4.69, 9.17) is 29.2 Å². The maximum Gasteiger partial charge on any atom is 0.305 e. The summed E-state index contributed by atoms with van der Waals surface area (Å²) in [5.41, 5.74) is 11.8. The summed E-state index contributed by atoms with van der Waals surface area (Å²) in [4.78, 5) is 43.7. The van der Waals surface area contributed by atoms with Gasteiger partial charge in [0, 0.05) is 36.0 Å². The number of thiophene rings is 1. The average molecular weight is 792 g/mol. The highest BCUT2D eigenvalue weighted by Gasteiger charge is 2.19. The predicted octanol–water partition coefficient (Wildman–Crippen LogP) is 5.67. The van der Waals surface area contributed by atoms with Crippen LogP contribution in [0.25, 0.3) is 31.7 Å². The van der Waals surface area contributed by atoms with E-state index in [-0.39, 0.29) is 25.3 Å². The zero-order valence-corrected chi connectivity index (χ0v) is 32.3. The van der Waals surface area contributed by atoms with Crippen LogP contribution in [0.4, 0.5) is 5.82 Å². The number of nitrogens with zero attached hydrogens (tertiary/aromatic N) is 4. The number of aromatic nitrogens is 1. The molecule has 1 atom stereocenters. The Labute approximate surface area is 329 Å². The van der Waals surface area contributed by atoms with Crippen LogP contribution in [0, 0.1) is 6.92 Å². The minimum atomic E-state index is -1.06. The maximum atomic E-state index is 12.7. The van der Waals surface area contributed by atoms with E-state index < -0.39 is 17.9 Å². The van der Waals surface area contributed by atoms with Crippen LogP contribution in [0.1, 0.15) is 36.4 Å². The molecule has 2 aromatic heterocycles. The van der Waals surface area contributed by atoms with Crippen LogP contribution < -0.4 is 20.7 Å². The van der Waals surface area contributed by atoms with Gasteiger partial charge in [-0.15, -0.1) is 11.3 Å². The second kappa shape index (κ2) is 25.0. The summed E-state index contributed by atoms with van der Waals surface area (Å²) < 4.78 is 28.9. The molecule has 0 spiro atoms. The normalized spacial score (nSPS) is 11.4. The molecule has 0 bridgehead atoms. The molecule has 0 saturated heterocycles.